The van der Waals surface area contributed by atoms with Gasteiger partial charge in [0.2, 0.25) is 10.0 Å². The molecule has 1 unspecified atom stereocenters. The predicted octanol–water partition coefficient (Wildman–Crippen LogP) is 2.08. The molecular weight excluding hydrogens is 266 g/mol. The van der Waals surface area contributed by atoms with Gasteiger partial charge in [-0.3, -0.25) is 0 Å². The minimum absolute atomic E-state index is 0.0136. The minimum atomic E-state index is -3.18. The molecule has 1 rings (SSSR count). The molecule has 0 aliphatic carbocycles. The molecule has 0 saturated carbocycles. The fraction of sp³-hybridized carbons (Fsp3) is 0.600. The van der Waals surface area contributed by atoms with E-state index in [9.17, 15) is 8.42 Å². The first-order valence-corrected chi connectivity index (χ1v) is 8.21. The van der Waals surface area contributed by atoms with Crippen LogP contribution in [0.15, 0.2) is 16.8 Å². The van der Waals surface area contributed by atoms with Crippen molar-refractivity contribution >= 4 is 33.0 Å². The highest BCUT2D eigenvalue weighted by Crippen LogP contribution is 2.06. The van der Waals surface area contributed by atoms with Crippen LogP contribution < -0.4 is 4.72 Å². The van der Waals surface area contributed by atoms with Crippen molar-refractivity contribution in [2.24, 2.45) is 5.92 Å². The Morgan fingerprint density at radius 3 is 2.88 bits per heavy atom. The Bertz CT molecular complexity index is 389. The van der Waals surface area contributed by atoms with Crippen molar-refractivity contribution in [3.05, 3.63) is 22.4 Å². The Labute approximate surface area is 106 Å². The predicted molar refractivity (Wildman–Crippen MR) is 69.7 cm³/mol. The van der Waals surface area contributed by atoms with Gasteiger partial charge in [0.1, 0.15) is 0 Å². The lowest BCUT2D eigenvalue weighted by Crippen LogP contribution is -2.31. The Morgan fingerprint density at radius 2 is 2.31 bits per heavy atom. The molecule has 16 heavy (non-hydrogen) atoms. The fourth-order valence-electron chi connectivity index (χ4n) is 1.26. The monoisotopic (exact) mass is 281 g/mol. The zero-order valence-electron chi connectivity index (χ0n) is 9.15. The van der Waals surface area contributed by atoms with E-state index in [1.807, 2.05) is 23.8 Å². The summed E-state index contributed by atoms with van der Waals surface area (Å²) in [6.07, 6.45) is 0.734. The fourth-order valence-corrected chi connectivity index (χ4v) is 3.60. The van der Waals surface area contributed by atoms with Gasteiger partial charge < -0.3 is 0 Å². The van der Waals surface area contributed by atoms with Gasteiger partial charge in [-0.2, -0.15) is 11.3 Å². The second-order valence-electron chi connectivity index (χ2n) is 3.82. The molecule has 0 aromatic carbocycles. The number of hydrogen-bond acceptors (Lipinski definition) is 3. The van der Waals surface area contributed by atoms with Crippen molar-refractivity contribution in [2.75, 3.05) is 18.2 Å². The molecule has 1 heterocycles. The molecule has 0 spiro atoms. The third-order valence-electron chi connectivity index (χ3n) is 2.08. The summed E-state index contributed by atoms with van der Waals surface area (Å²) < 4.78 is 25.7. The SMILES string of the molecule is CC(CCl)CS(=O)(=O)NCCc1ccsc1. The molecule has 0 amide bonds. The van der Waals surface area contributed by atoms with E-state index in [4.69, 9.17) is 11.6 Å². The number of alkyl halides is 1. The second kappa shape index (κ2) is 6.59. The smallest absolute Gasteiger partial charge is 0.211 e. The maximum absolute atomic E-state index is 11.6. The first kappa shape index (κ1) is 14.0. The Kier molecular flexibility index (Phi) is 5.75. The molecule has 0 fully saturated rings. The summed E-state index contributed by atoms with van der Waals surface area (Å²) in [6, 6.07) is 2.00. The normalized spacial score (nSPS) is 13.9. The first-order chi connectivity index (χ1) is 7.53. The molecule has 0 bridgehead atoms. The molecular formula is C10H16ClNO2S2. The summed E-state index contributed by atoms with van der Waals surface area (Å²) in [5.74, 6) is 0.450. The van der Waals surface area contributed by atoms with Gasteiger partial charge in [-0.1, -0.05) is 6.92 Å². The van der Waals surface area contributed by atoms with Crippen molar-refractivity contribution in [1.82, 2.24) is 4.72 Å². The lowest BCUT2D eigenvalue weighted by molar-refractivity contribution is 0.569. The molecule has 1 atom stereocenters. The highest BCUT2D eigenvalue weighted by Gasteiger charge is 2.14. The average molecular weight is 282 g/mol. The van der Waals surface area contributed by atoms with E-state index in [2.05, 4.69) is 4.72 Å². The van der Waals surface area contributed by atoms with Crippen molar-refractivity contribution < 1.29 is 8.42 Å². The zero-order valence-corrected chi connectivity index (χ0v) is 11.5. The maximum Gasteiger partial charge on any atom is 0.211 e. The molecule has 0 saturated heterocycles. The summed E-state index contributed by atoms with van der Waals surface area (Å²) in [5.41, 5.74) is 1.16. The summed E-state index contributed by atoms with van der Waals surface area (Å²) in [6.45, 7) is 2.28. The minimum Gasteiger partial charge on any atom is -0.215 e. The lowest BCUT2D eigenvalue weighted by atomic mass is 10.2. The van der Waals surface area contributed by atoms with E-state index < -0.39 is 10.0 Å². The molecule has 3 nitrogen and oxygen atoms in total. The molecule has 6 heteroatoms. The van der Waals surface area contributed by atoms with Crippen LogP contribution >= 0.6 is 22.9 Å². The lowest BCUT2D eigenvalue weighted by Gasteiger charge is -2.09. The van der Waals surface area contributed by atoms with E-state index in [0.29, 0.717) is 12.4 Å². The number of halogens is 1. The quantitative estimate of drug-likeness (QED) is 0.778. The standard InChI is InChI=1S/C10H16ClNO2S2/c1-9(6-11)8-16(13,14)12-4-2-10-3-5-15-7-10/h3,5,7,9,12H,2,4,6,8H2,1H3. The van der Waals surface area contributed by atoms with Crippen LogP contribution in [0.5, 0.6) is 0 Å². The van der Waals surface area contributed by atoms with Gasteiger partial charge in [-0.25, -0.2) is 13.1 Å². The van der Waals surface area contributed by atoms with Gasteiger partial charge in [0, 0.05) is 12.4 Å². The molecule has 0 aliphatic heterocycles. The number of rotatable bonds is 7. The third-order valence-corrected chi connectivity index (χ3v) is 4.99. The van der Waals surface area contributed by atoms with Gasteiger partial charge in [-0.15, -0.1) is 11.6 Å². The Balaban J connectivity index is 2.31. The van der Waals surface area contributed by atoms with Crippen LogP contribution in [0.3, 0.4) is 0 Å². The topological polar surface area (TPSA) is 46.2 Å². The average Bonchev–Trinajstić information content (AvgIpc) is 2.69. The Morgan fingerprint density at radius 1 is 1.56 bits per heavy atom. The van der Waals surface area contributed by atoms with Gasteiger partial charge in [-0.05, 0) is 34.7 Å². The highest BCUT2D eigenvalue weighted by molar-refractivity contribution is 7.89. The second-order valence-corrected chi connectivity index (χ2v) is 6.76. The molecule has 1 aromatic heterocycles. The van der Waals surface area contributed by atoms with E-state index in [1.54, 1.807) is 11.3 Å². The van der Waals surface area contributed by atoms with Crippen molar-refractivity contribution in [1.29, 1.82) is 0 Å². The van der Waals surface area contributed by atoms with Crippen LogP contribution in [0.4, 0.5) is 0 Å². The van der Waals surface area contributed by atoms with E-state index in [-0.39, 0.29) is 11.7 Å². The van der Waals surface area contributed by atoms with Gasteiger partial charge in [0.25, 0.3) is 0 Å². The van der Waals surface area contributed by atoms with Crippen LogP contribution in [0.25, 0.3) is 0 Å². The third kappa shape index (κ3) is 5.30. The molecule has 0 radical (unpaired) electrons. The number of nitrogens with one attached hydrogen (secondary N) is 1. The van der Waals surface area contributed by atoms with E-state index in [1.165, 1.54) is 0 Å². The molecule has 1 N–H and O–H groups in total. The van der Waals surface area contributed by atoms with E-state index >= 15 is 0 Å². The van der Waals surface area contributed by atoms with Gasteiger partial charge >= 0.3 is 0 Å². The van der Waals surface area contributed by atoms with Crippen LogP contribution in [0, 0.1) is 5.92 Å². The number of thiophene rings is 1. The van der Waals surface area contributed by atoms with Crippen molar-refractivity contribution in [3.63, 3.8) is 0 Å². The number of hydrogen-bond donors (Lipinski definition) is 1. The summed E-state index contributed by atoms with van der Waals surface area (Å²) in [4.78, 5) is 0. The summed E-state index contributed by atoms with van der Waals surface area (Å²) in [7, 11) is -3.18. The zero-order chi connectivity index (χ0) is 12.0. The summed E-state index contributed by atoms with van der Waals surface area (Å²) in [5, 5.41) is 4.01. The summed E-state index contributed by atoms with van der Waals surface area (Å²) >= 11 is 7.20. The van der Waals surface area contributed by atoms with Crippen LogP contribution in [-0.2, 0) is 16.4 Å². The van der Waals surface area contributed by atoms with Gasteiger partial charge in [0.15, 0.2) is 0 Å². The first-order valence-electron chi connectivity index (χ1n) is 5.08. The van der Waals surface area contributed by atoms with E-state index in [0.717, 1.165) is 12.0 Å². The maximum atomic E-state index is 11.6. The molecule has 0 aliphatic rings. The molecule has 1 aromatic rings. The van der Waals surface area contributed by atoms with Crippen LogP contribution in [0.2, 0.25) is 0 Å². The van der Waals surface area contributed by atoms with Crippen LogP contribution in [0.1, 0.15) is 12.5 Å². The largest absolute Gasteiger partial charge is 0.215 e. The Hall–Kier alpha value is -0.100. The number of sulfonamides is 1. The molecule has 92 valence electrons. The van der Waals surface area contributed by atoms with Crippen molar-refractivity contribution in [2.45, 2.75) is 13.3 Å². The highest BCUT2D eigenvalue weighted by atomic mass is 35.5. The van der Waals surface area contributed by atoms with Gasteiger partial charge in [0.05, 0.1) is 5.75 Å². The van der Waals surface area contributed by atoms with Crippen LogP contribution in [-0.4, -0.2) is 26.6 Å². The van der Waals surface area contributed by atoms with Crippen molar-refractivity contribution in [3.8, 4) is 0 Å².